The van der Waals surface area contributed by atoms with Crippen LogP contribution in [0.2, 0.25) is 0 Å². The molecule has 0 bridgehead atoms. The summed E-state index contributed by atoms with van der Waals surface area (Å²) in [6, 6.07) is 19.0. The van der Waals surface area contributed by atoms with E-state index in [0.717, 1.165) is 28.8 Å². The smallest absolute Gasteiger partial charge is 0.191 e. The molecule has 0 aliphatic carbocycles. The van der Waals surface area contributed by atoms with E-state index in [2.05, 4.69) is 69.1 Å². The molecule has 0 radical (unpaired) electrons. The van der Waals surface area contributed by atoms with Crippen molar-refractivity contribution in [3.8, 4) is 11.4 Å². The first-order valence-corrected chi connectivity index (χ1v) is 9.28. The number of rotatable bonds is 5. The van der Waals surface area contributed by atoms with Crippen molar-refractivity contribution in [2.45, 2.75) is 24.4 Å². The molecule has 0 fully saturated rings. The van der Waals surface area contributed by atoms with E-state index in [1.807, 2.05) is 12.1 Å². The maximum absolute atomic E-state index is 4.40. The van der Waals surface area contributed by atoms with Crippen molar-refractivity contribution < 1.29 is 0 Å². The highest BCUT2D eigenvalue weighted by atomic mass is 32.2. The van der Waals surface area contributed by atoms with Crippen LogP contribution in [0.25, 0.3) is 22.2 Å². The highest BCUT2D eigenvalue weighted by Crippen LogP contribution is 2.27. The predicted molar refractivity (Wildman–Crippen MR) is 102 cm³/mol. The summed E-state index contributed by atoms with van der Waals surface area (Å²) in [4.78, 5) is 4.07. The van der Waals surface area contributed by atoms with E-state index in [9.17, 15) is 0 Å². The van der Waals surface area contributed by atoms with Gasteiger partial charge in [-0.3, -0.25) is 4.98 Å². The lowest BCUT2D eigenvalue weighted by Gasteiger charge is -2.07. The van der Waals surface area contributed by atoms with Crippen molar-refractivity contribution in [3.05, 3.63) is 72.6 Å². The first kappa shape index (κ1) is 15.8. The van der Waals surface area contributed by atoms with E-state index >= 15 is 0 Å². The van der Waals surface area contributed by atoms with Crippen molar-refractivity contribution >= 4 is 22.5 Å². The van der Waals surface area contributed by atoms with Crippen LogP contribution in [0.1, 0.15) is 12.5 Å². The number of fused-ring (bicyclic) bond motifs is 1. The first-order chi connectivity index (χ1) is 12.3. The molecule has 0 atom stereocenters. The minimum absolute atomic E-state index is 0.838. The lowest BCUT2D eigenvalue weighted by Crippen LogP contribution is -1.99. The Morgan fingerprint density at radius 2 is 1.72 bits per heavy atom. The summed E-state index contributed by atoms with van der Waals surface area (Å²) in [5, 5.41) is 12.3. The normalized spacial score (nSPS) is 11.1. The standard InChI is InChI=1S/C20H18N4S/c1-2-24-19(17-9-11-21-12-10-17)22-23-20(24)25-14-15-7-8-16-5-3-4-6-18(16)13-15/h3-13H,2,14H2,1H3. The minimum Gasteiger partial charge on any atom is -0.302 e. The molecule has 4 nitrogen and oxygen atoms in total. The number of hydrogen-bond acceptors (Lipinski definition) is 4. The van der Waals surface area contributed by atoms with Crippen LogP contribution in [0.15, 0.2) is 72.1 Å². The molecule has 0 saturated carbocycles. The Labute approximate surface area is 150 Å². The molecule has 2 aromatic heterocycles. The number of pyridine rings is 1. The van der Waals surface area contributed by atoms with Gasteiger partial charge in [-0.1, -0.05) is 54.2 Å². The van der Waals surface area contributed by atoms with E-state index in [4.69, 9.17) is 0 Å². The van der Waals surface area contributed by atoms with Crippen LogP contribution in [-0.2, 0) is 12.3 Å². The van der Waals surface area contributed by atoms with Crippen molar-refractivity contribution in [2.75, 3.05) is 0 Å². The summed E-state index contributed by atoms with van der Waals surface area (Å²) in [5.74, 6) is 1.77. The van der Waals surface area contributed by atoms with Gasteiger partial charge in [0, 0.05) is 30.3 Å². The van der Waals surface area contributed by atoms with E-state index < -0.39 is 0 Å². The van der Waals surface area contributed by atoms with Gasteiger partial charge < -0.3 is 4.57 Å². The summed E-state index contributed by atoms with van der Waals surface area (Å²) in [7, 11) is 0. The molecule has 124 valence electrons. The molecule has 0 aliphatic rings. The maximum Gasteiger partial charge on any atom is 0.191 e. The van der Waals surface area contributed by atoms with Crippen molar-refractivity contribution in [1.82, 2.24) is 19.7 Å². The summed E-state index contributed by atoms with van der Waals surface area (Å²) < 4.78 is 2.15. The number of benzene rings is 2. The average molecular weight is 346 g/mol. The van der Waals surface area contributed by atoms with E-state index in [-0.39, 0.29) is 0 Å². The fourth-order valence-electron chi connectivity index (χ4n) is 2.87. The highest BCUT2D eigenvalue weighted by molar-refractivity contribution is 7.98. The lowest BCUT2D eigenvalue weighted by molar-refractivity contribution is 0.687. The van der Waals surface area contributed by atoms with Gasteiger partial charge in [0.2, 0.25) is 0 Å². The Morgan fingerprint density at radius 3 is 2.52 bits per heavy atom. The summed E-state index contributed by atoms with van der Waals surface area (Å²) in [6.45, 7) is 2.96. The lowest BCUT2D eigenvalue weighted by atomic mass is 10.1. The zero-order valence-corrected chi connectivity index (χ0v) is 14.8. The topological polar surface area (TPSA) is 43.6 Å². The number of hydrogen-bond donors (Lipinski definition) is 0. The molecule has 25 heavy (non-hydrogen) atoms. The van der Waals surface area contributed by atoms with Gasteiger partial charge >= 0.3 is 0 Å². The molecule has 0 unspecified atom stereocenters. The van der Waals surface area contributed by atoms with Crippen molar-refractivity contribution in [3.63, 3.8) is 0 Å². The second-order valence-corrected chi connectivity index (χ2v) is 6.70. The van der Waals surface area contributed by atoms with Crippen LogP contribution in [-0.4, -0.2) is 19.7 Å². The van der Waals surface area contributed by atoms with Gasteiger partial charge in [0.05, 0.1) is 0 Å². The number of thioether (sulfide) groups is 1. The largest absolute Gasteiger partial charge is 0.302 e. The molecular formula is C20H18N4S. The Morgan fingerprint density at radius 1 is 0.920 bits per heavy atom. The van der Waals surface area contributed by atoms with E-state index in [1.165, 1.54) is 16.3 Å². The average Bonchev–Trinajstić information content (AvgIpc) is 3.10. The van der Waals surface area contributed by atoms with Crippen molar-refractivity contribution in [1.29, 1.82) is 0 Å². The van der Waals surface area contributed by atoms with Gasteiger partial charge in [-0.25, -0.2) is 0 Å². The number of nitrogens with zero attached hydrogens (tertiary/aromatic N) is 4. The Bertz CT molecular complexity index is 995. The number of aromatic nitrogens is 4. The molecule has 0 saturated heterocycles. The maximum atomic E-state index is 4.40. The van der Waals surface area contributed by atoms with Gasteiger partial charge in [-0.2, -0.15) is 0 Å². The van der Waals surface area contributed by atoms with Crippen molar-refractivity contribution in [2.24, 2.45) is 0 Å². The van der Waals surface area contributed by atoms with Crippen LogP contribution in [0.4, 0.5) is 0 Å². The van der Waals surface area contributed by atoms with Crippen LogP contribution in [0, 0.1) is 0 Å². The van der Waals surface area contributed by atoms with Crippen LogP contribution >= 0.6 is 11.8 Å². The zero-order chi connectivity index (χ0) is 17.1. The summed E-state index contributed by atoms with van der Waals surface area (Å²) >= 11 is 1.72. The molecule has 0 aliphatic heterocycles. The molecule has 0 N–H and O–H groups in total. The minimum atomic E-state index is 0.838. The predicted octanol–water partition coefficient (Wildman–Crippen LogP) is 4.81. The van der Waals surface area contributed by atoms with E-state index in [1.54, 1.807) is 24.2 Å². The van der Waals surface area contributed by atoms with Gasteiger partial charge in [-0.05, 0) is 35.4 Å². The van der Waals surface area contributed by atoms with Gasteiger partial charge in [0.25, 0.3) is 0 Å². The second-order valence-electron chi connectivity index (χ2n) is 5.76. The van der Waals surface area contributed by atoms with Crippen LogP contribution < -0.4 is 0 Å². The monoisotopic (exact) mass is 346 g/mol. The molecule has 5 heteroatoms. The molecule has 4 aromatic rings. The highest BCUT2D eigenvalue weighted by Gasteiger charge is 2.13. The first-order valence-electron chi connectivity index (χ1n) is 8.29. The third-order valence-corrected chi connectivity index (χ3v) is 5.19. The van der Waals surface area contributed by atoms with Gasteiger partial charge in [0.15, 0.2) is 11.0 Å². The quantitative estimate of drug-likeness (QED) is 0.487. The van der Waals surface area contributed by atoms with Crippen LogP contribution in [0.5, 0.6) is 0 Å². The Kier molecular flexibility index (Phi) is 4.48. The van der Waals surface area contributed by atoms with Gasteiger partial charge in [0.1, 0.15) is 0 Å². The summed E-state index contributed by atoms with van der Waals surface area (Å²) in [6.07, 6.45) is 3.57. The third-order valence-electron chi connectivity index (χ3n) is 4.15. The molecular weight excluding hydrogens is 328 g/mol. The summed E-state index contributed by atoms with van der Waals surface area (Å²) in [5.41, 5.74) is 2.33. The molecule has 4 rings (SSSR count). The second kappa shape index (κ2) is 7.07. The molecule has 2 aromatic carbocycles. The Hall–Kier alpha value is -2.66. The fraction of sp³-hybridized carbons (Fsp3) is 0.150. The zero-order valence-electron chi connectivity index (χ0n) is 14.0. The SMILES string of the molecule is CCn1c(SCc2ccc3ccccc3c2)nnc1-c1ccncc1. The van der Waals surface area contributed by atoms with Gasteiger partial charge in [-0.15, -0.1) is 10.2 Å². The molecule has 0 spiro atoms. The van der Waals surface area contributed by atoms with E-state index in [0.29, 0.717) is 0 Å². The third kappa shape index (κ3) is 3.28. The van der Waals surface area contributed by atoms with Crippen LogP contribution in [0.3, 0.4) is 0 Å². The molecule has 2 heterocycles. The Balaban J connectivity index is 1.57. The molecule has 0 amide bonds. The fourth-order valence-corrected chi connectivity index (χ4v) is 3.82.